The van der Waals surface area contributed by atoms with Crippen LogP contribution in [0.5, 0.6) is 0 Å². The van der Waals surface area contributed by atoms with Crippen LogP contribution in [-0.2, 0) is 0 Å². The smallest absolute Gasteiger partial charge is 0.00931 e. The van der Waals surface area contributed by atoms with Crippen molar-refractivity contribution in [3.05, 3.63) is 0 Å². The van der Waals surface area contributed by atoms with Gasteiger partial charge in [-0.15, -0.1) is 0 Å². The number of nitrogens with two attached hydrogens (primary N) is 2. The molecule has 124 valence electrons. The van der Waals surface area contributed by atoms with Gasteiger partial charge in [-0.05, 0) is 67.6 Å². The first-order chi connectivity index (χ1) is 9.96. The fourth-order valence-corrected chi connectivity index (χ4v) is 5.39. The van der Waals surface area contributed by atoms with Crippen molar-refractivity contribution >= 4 is 0 Å². The summed E-state index contributed by atoms with van der Waals surface area (Å²) in [4.78, 5) is 0. The minimum Gasteiger partial charge on any atom is -0.327 e. The van der Waals surface area contributed by atoms with Crippen LogP contribution in [0.4, 0.5) is 0 Å². The summed E-state index contributed by atoms with van der Waals surface area (Å²) in [6.45, 7) is 9.37. The normalized spacial score (nSPS) is 48.3. The lowest BCUT2D eigenvalue weighted by Crippen LogP contribution is -2.44. The minimum atomic E-state index is 0.438. The van der Waals surface area contributed by atoms with E-state index < -0.39 is 0 Å². The highest BCUT2D eigenvalue weighted by atomic mass is 14.7. The largest absolute Gasteiger partial charge is 0.327 e. The van der Waals surface area contributed by atoms with Gasteiger partial charge in [0.15, 0.2) is 0 Å². The molecule has 2 heteroatoms. The first kappa shape index (κ1) is 17.3. The maximum Gasteiger partial charge on any atom is 0.00931 e. The van der Waals surface area contributed by atoms with Gasteiger partial charge >= 0.3 is 0 Å². The molecular weight excluding hydrogens is 256 g/mol. The van der Waals surface area contributed by atoms with Crippen molar-refractivity contribution in [1.82, 2.24) is 0 Å². The summed E-state index contributed by atoms with van der Waals surface area (Å²) in [6.07, 6.45) is 9.39. The van der Waals surface area contributed by atoms with Crippen LogP contribution in [0.15, 0.2) is 0 Å². The zero-order valence-electron chi connectivity index (χ0n) is 14.7. The van der Waals surface area contributed by atoms with Crippen molar-refractivity contribution in [2.45, 2.75) is 84.7 Å². The van der Waals surface area contributed by atoms with Crippen LogP contribution >= 0.6 is 0 Å². The maximum absolute atomic E-state index is 6.40. The van der Waals surface area contributed by atoms with Crippen molar-refractivity contribution in [3.63, 3.8) is 0 Å². The molecule has 0 bridgehead atoms. The Labute approximate surface area is 132 Å². The van der Waals surface area contributed by atoms with Gasteiger partial charge in [-0.2, -0.15) is 0 Å². The van der Waals surface area contributed by atoms with Crippen molar-refractivity contribution < 1.29 is 0 Å². The van der Waals surface area contributed by atoms with Gasteiger partial charge in [-0.1, -0.05) is 40.5 Å². The maximum atomic E-state index is 6.40. The third-order valence-electron chi connectivity index (χ3n) is 6.80. The molecule has 0 aromatic heterocycles. The molecule has 2 rings (SSSR count). The molecule has 2 aliphatic rings. The Hall–Kier alpha value is -0.0800. The van der Waals surface area contributed by atoms with E-state index in [1.54, 1.807) is 0 Å². The molecule has 2 fully saturated rings. The van der Waals surface area contributed by atoms with Gasteiger partial charge in [0.05, 0.1) is 0 Å². The van der Waals surface area contributed by atoms with Gasteiger partial charge in [0, 0.05) is 12.1 Å². The topological polar surface area (TPSA) is 52.0 Å². The molecule has 2 saturated carbocycles. The van der Waals surface area contributed by atoms with Gasteiger partial charge < -0.3 is 11.5 Å². The van der Waals surface area contributed by atoms with Gasteiger partial charge in [0.2, 0.25) is 0 Å². The molecule has 0 amide bonds. The highest BCUT2D eigenvalue weighted by Crippen LogP contribution is 2.42. The van der Waals surface area contributed by atoms with Crippen LogP contribution in [-0.4, -0.2) is 12.1 Å². The summed E-state index contributed by atoms with van der Waals surface area (Å²) >= 11 is 0. The Balaban J connectivity index is 1.92. The molecule has 0 saturated heterocycles. The van der Waals surface area contributed by atoms with E-state index >= 15 is 0 Å². The molecule has 4 N–H and O–H groups in total. The predicted octanol–water partition coefficient (Wildman–Crippen LogP) is 4.18. The van der Waals surface area contributed by atoms with Gasteiger partial charge in [0.1, 0.15) is 0 Å². The summed E-state index contributed by atoms with van der Waals surface area (Å²) in [6, 6.07) is 0.877. The van der Waals surface area contributed by atoms with Crippen molar-refractivity contribution in [2.75, 3.05) is 0 Å². The molecule has 0 aromatic rings. The molecule has 2 nitrogen and oxygen atoms in total. The molecule has 0 aliphatic heterocycles. The van der Waals surface area contributed by atoms with E-state index in [-0.39, 0.29) is 0 Å². The van der Waals surface area contributed by atoms with Gasteiger partial charge in [-0.3, -0.25) is 0 Å². The van der Waals surface area contributed by atoms with Crippen LogP contribution in [0.2, 0.25) is 0 Å². The van der Waals surface area contributed by atoms with Crippen LogP contribution in [0.1, 0.15) is 72.6 Å². The van der Waals surface area contributed by atoms with E-state index in [0.717, 1.165) is 23.7 Å². The fourth-order valence-electron chi connectivity index (χ4n) is 5.39. The van der Waals surface area contributed by atoms with E-state index in [2.05, 4.69) is 27.7 Å². The zero-order valence-corrected chi connectivity index (χ0v) is 14.7. The lowest BCUT2D eigenvalue weighted by molar-refractivity contribution is 0.106. The third kappa shape index (κ3) is 4.01. The molecule has 0 heterocycles. The van der Waals surface area contributed by atoms with Crippen LogP contribution < -0.4 is 11.5 Å². The molecule has 2 aliphatic carbocycles. The zero-order chi connectivity index (χ0) is 15.6. The monoisotopic (exact) mass is 294 g/mol. The summed E-state index contributed by atoms with van der Waals surface area (Å²) in [7, 11) is 0. The Bertz CT molecular complexity index is 287. The van der Waals surface area contributed by atoms with Crippen LogP contribution in [0.25, 0.3) is 0 Å². The second-order valence-electron chi connectivity index (χ2n) is 8.36. The summed E-state index contributed by atoms with van der Waals surface area (Å²) in [5.74, 6) is 4.74. The van der Waals surface area contributed by atoms with Crippen molar-refractivity contribution in [2.24, 2.45) is 47.0 Å². The Morgan fingerprint density at radius 1 is 0.714 bits per heavy atom. The van der Waals surface area contributed by atoms with E-state index in [1.807, 2.05) is 0 Å². The second kappa shape index (κ2) is 7.46. The fraction of sp³-hybridized carbons (Fsp3) is 1.00. The quantitative estimate of drug-likeness (QED) is 0.817. The van der Waals surface area contributed by atoms with Crippen LogP contribution in [0, 0.1) is 35.5 Å². The van der Waals surface area contributed by atoms with E-state index in [9.17, 15) is 0 Å². The standard InChI is InChI=1S/C19H38N2/c1-5-16-10-14(7-12(3)18(16)20)9-15-8-13(4)19(21)17(6-2)11-15/h12-19H,5-11,20-21H2,1-4H3/t12-,13?,14+,15?,16+,17?,18-,19?/m0/s1. The average molecular weight is 295 g/mol. The van der Waals surface area contributed by atoms with Crippen molar-refractivity contribution in [3.8, 4) is 0 Å². The van der Waals surface area contributed by atoms with Crippen molar-refractivity contribution in [1.29, 1.82) is 0 Å². The molecule has 4 unspecified atom stereocenters. The first-order valence-corrected chi connectivity index (χ1v) is 9.47. The van der Waals surface area contributed by atoms with E-state index in [0.29, 0.717) is 23.9 Å². The van der Waals surface area contributed by atoms with Gasteiger partial charge in [0.25, 0.3) is 0 Å². The number of hydrogen-bond donors (Lipinski definition) is 2. The van der Waals surface area contributed by atoms with Gasteiger partial charge in [-0.25, -0.2) is 0 Å². The van der Waals surface area contributed by atoms with Crippen LogP contribution in [0.3, 0.4) is 0 Å². The summed E-state index contributed by atoms with van der Waals surface area (Å²) in [5, 5.41) is 0. The lowest BCUT2D eigenvalue weighted by Gasteiger charge is -2.43. The molecule has 0 aromatic carbocycles. The third-order valence-corrected chi connectivity index (χ3v) is 6.80. The molecule has 21 heavy (non-hydrogen) atoms. The first-order valence-electron chi connectivity index (χ1n) is 9.47. The highest BCUT2D eigenvalue weighted by molar-refractivity contribution is 4.90. The summed E-state index contributed by atoms with van der Waals surface area (Å²) in [5.41, 5.74) is 12.8. The molecule has 8 atom stereocenters. The predicted molar refractivity (Wildman–Crippen MR) is 91.9 cm³/mol. The number of rotatable bonds is 4. The lowest BCUT2D eigenvalue weighted by atomic mass is 9.65. The molecule has 0 radical (unpaired) electrons. The van der Waals surface area contributed by atoms with E-state index in [1.165, 1.54) is 44.9 Å². The molecular formula is C19H38N2. The Kier molecular flexibility index (Phi) is 6.14. The minimum absolute atomic E-state index is 0.438. The Morgan fingerprint density at radius 2 is 1.10 bits per heavy atom. The summed E-state index contributed by atoms with van der Waals surface area (Å²) < 4.78 is 0. The molecule has 0 spiro atoms. The second-order valence-corrected chi connectivity index (χ2v) is 8.36. The van der Waals surface area contributed by atoms with E-state index in [4.69, 9.17) is 11.5 Å². The Morgan fingerprint density at radius 3 is 1.43 bits per heavy atom. The number of hydrogen-bond acceptors (Lipinski definition) is 2. The SMILES string of the molecule is CCC1CC(C[C@@H]2C[C@@H](CC)[C@@H](N)[C@@H](C)C2)CC(C)C1N. The average Bonchev–Trinajstić information content (AvgIpc) is 2.46. The highest BCUT2D eigenvalue weighted by Gasteiger charge is 2.36.